The summed E-state index contributed by atoms with van der Waals surface area (Å²) in [7, 11) is 1.47. The minimum absolute atomic E-state index is 0.126. The Hall–Kier alpha value is -0.650. The van der Waals surface area contributed by atoms with Gasteiger partial charge in [0, 0.05) is 19.1 Å². The van der Waals surface area contributed by atoms with Crippen molar-refractivity contribution in [1.82, 2.24) is 15.1 Å². The Balaban J connectivity index is 1.72. The molecule has 0 aromatic heterocycles. The van der Waals surface area contributed by atoms with Crippen LogP contribution in [0.2, 0.25) is 0 Å². The van der Waals surface area contributed by atoms with Crippen LogP contribution in [0.1, 0.15) is 39.0 Å². The van der Waals surface area contributed by atoms with Gasteiger partial charge in [0.2, 0.25) is 0 Å². The molecular weight excluding hydrogens is 266 g/mol. The molecule has 2 fully saturated rings. The third-order valence-corrected chi connectivity index (χ3v) is 4.76. The maximum atomic E-state index is 11.8. The number of ether oxygens (including phenoxy) is 1. The van der Waals surface area contributed by atoms with Crippen LogP contribution in [0.15, 0.2) is 0 Å². The Morgan fingerprint density at radius 3 is 2.76 bits per heavy atom. The van der Waals surface area contributed by atoms with Gasteiger partial charge in [-0.2, -0.15) is 0 Å². The lowest BCUT2D eigenvalue weighted by molar-refractivity contribution is -0.143. The van der Waals surface area contributed by atoms with Crippen LogP contribution in [0.4, 0.5) is 0 Å². The number of methoxy groups -OCH3 is 1. The predicted molar refractivity (Wildman–Crippen MR) is 84.4 cm³/mol. The van der Waals surface area contributed by atoms with Gasteiger partial charge < -0.3 is 15.0 Å². The topological polar surface area (TPSA) is 44.8 Å². The van der Waals surface area contributed by atoms with Crippen LogP contribution in [-0.2, 0) is 9.53 Å². The molecule has 21 heavy (non-hydrogen) atoms. The molecule has 1 N–H and O–H groups in total. The number of nitrogens with zero attached hydrogens (tertiary/aromatic N) is 2. The molecule has 122 valence electrons. The monoisotopic (exact) mass is 297 g/mol. The molecule has 0 aromatic carbocycles. The number of carbonyl (C=O) groups excluding carboxylic acids is 1. The van der Waals surface area contributed by atoms with E-state index >= 15 is 0 Å². The average Bonchev–Trinajstić information content (AvgIpc) is 3.17. The van der Waals surface area contributed by atoms with Crippen LogP contribution >= 0.6 is 0 Å². The van der Waals surface area contributed by atoms with Crippen LogP contribution in [-0.4, -0.2) is 74.2 Å². The molecule has 2 rings (SSSR count). The maximum Gasteiger partial charge on any atom is 0.322 e. The van der Waals surface area contributed by atoms with Crippen LogP contribution in [0.3, 0.4) is 0 Å². The largest absolute Gasteiger partial charge is 0.468 e. The van der Waals surface area contributed by atoms with E-state index in [-0.39, 0.29) is 12.0 Å². The highest BCUT2D eigenvalue weighted by Crippen LogP contribution is 2.20. The summed E-state index contributed by atoms with van der Waals surface area (Å²) in [5.41, 5.74) is 0. The van der Waals surface area contributed by atoms with E-state index in [0.29, 0.717) is 0 Å². The summed E-state index contributed by atoms with van der Waals surface area (Å²) < 4.78 is 4.90. The third kappa shape index (κ3) is 4.94. The molecule has 5 nitrogen and oxygen atoms in total. The minimum atomic E-state index is -0.152. The van der Waals surface area contributed by atoms with Gasteiger partial charge in [-0.15, -0.1) is 0 Å². The Morgan fingerprint density at radius 1 is 1.33 bits per heavy atom. The van der Waals surface area contributed by atoms with Crippen molar-refractivity contribution in [1.29, 1.82) is 0 Å². The molecule has 2 unspecified atom stereocenters. The van der Waals surface area contributed by atoms with Crippen LogP contribution in [0.25, 0.3) is 0 Å². The van der Waals surface area contributed by atoms with Gasteiger partial charge in [0.25, 0.3) is 0 Å². The molecule has 0 radical (unpaired) electrons. The zero-order chi connectivity index (χ0) is 15.1. The van der Waals surface area contributed by atoms with Crippen molar-refractivity contribution in [2.75, 3.05) is 46.4 Å². The molecule has 0 saturated carbocycles. The number of rotatable bonds is 8. The van der Waals surface area contributed by atoms with Crippen LogP contribution in [0.5, 0.6) is 0 Å². The van der Waals surface area contributed by atoms with E-state index in [9.17, 15) is 4.79 Å². The van der Waals surface area contributed by atoms with Gasteiger partial charge in [-0.05, 0) is 58.3 Å². The second-order valence-electron chi connectivity index (χ2n) is 6.30. The third-order valence-electron chi connectivity index (χ3n) is 4.76. The van der Waals surface area contributed by atoms with Gasteiger partial charge >= 0.3 is 5.97 Å². The van der Waals surface area contributed by atoms with E-state index in [1.54, 1.807) is 0 Å². The van der Waals surface area contributed by atoms with Gasteiger partial charge in [0.15, 0.2) is 0 Å². The van der Waals surface area contributed by atoms with Crippen molar-refractivity contribution >= 4 is 5.97 Å². The summed E-state index contributed by atoms with van der Waals surface area (Å²) in [4.78, 5) is 16.9. The quantitative estimate of drug-likeness (QED) is 0.680. The van der Waals surface area contributed by atoms with Gasteiger partial charge in [-0.1, -0.05) is 6.92 Å². The summed E-state index contributed by atoms with van der Waals surface area (Å²) in [6.45, 7) is 8.87. The summed E-state index contributed by atoms with van der Waals surface area (Å²) in [5.74, 6) is -0.126. The summed E-state index contributed by atoms with van der Waals surface area (Å²) in [6, 6.07) is 0.591. The Morgan fingerprint density at radius 2 is 2.10 bits per heavy atom. The van der Waals surface area contributed by atoms with E-state index < -0.39 is 0 Å². The highest BCUT2D eigenvalue weighted by molar-refractivity contribution is 5.75. The molecule has 5 heteroatoms. The molecule has 0 bridgehead atoms. The average molecular weight is 297 g/mol. The van der Waals surface area contributed by atoms with Crippen LogP contribution in [0, 0.1) is 0 Å². The smallest absolute Gasteiger partial charge is 0.322 e. The maximum absolute atomic E-state index is 11.8. The molecule has 2 heterocycles. The number of hydrogen-bond donors (Lipinski definition) is 1. The van der Waals surface area contributed by atoms with Gasteiger partial charge in [0.1, 0.15) is 6.04 Å². The van der Waals surface area contributed by atoms with E-state index in [1.807, 2.05) is 0 Å². The minimum Gasteiger partial charge on any atom is -0.468 e. The molecule has 0 aliphatic carbocycles. The van der Waals surface area contributed by atoms with E-state index in [2.05, 4.69) is 22.0 Å². The van der Waals surface area contributed by atoms with Crippen molar-refractivity contribution in [3.63, 3.8) is 0 Å². The van der Waals surface area contributed by atoms with Gasteiger partial charge in [-0.3, -0.25) is 9.69 Å². The van der Waals surface area contributed by atoms with Crippen molar-refractivity contribution in [3.05, 3.63) is 0 Å². The number of likely N-dealkylation sites (tertiary alicyclic amines) is 2. The lowest BCUT2D eigenvalue weighted by Gasteiger charge is -2.24. The first kappa shape index (κ1) is 16.7. The number of nitrogens with one attached hydrogen (secondary N) is 1. The Bertz CT molecular complexity index is 319. The summed E-state index contributed by atoms with van der Waals surface area (Å²) >= 11 is 0. The summed E-state index contributed by atoms with van der Waals surface area (Å²) in [6.07, 6.45) is 5.89. The first-order chi connectivity index (χ1) is 10.2. The van der Waals surface area contributed by atoms with Gasteiger partial charge in [0.05, 0.1) is 7.11 Å². The van der Waals surface area contributed by atoms with Crippen molar-refractivity contribution in [3.8, 4) is 0 Å². The normalized spacial score (nSPS) is 25.3. The van der Waals surface area contributed by atoms with E-state index in [1.165, 1.54) is 52.6 Å². The molecule has 2 aliphatic heterocycles. The number of hydrogen-bond acceptors (Lipinski definition) is 5. The molecule has 0 spiro atoms. The van der Waals surface area contributed by atoms with E-state index in [4.69, 9.17) is 4.74 Å². The zero-order valence-electron chi connectivity index (χ0n) is 13.6. The number of esters is 1. The summed E-state index contributed by atoms with van der Waals surface area (Å²) in [5, 5.41) is 3.30. The predicted octanol–water partition coefficient (Wildman–Crippen LogP) is 1.09. The first-order valence-corrected chi connectivity index (χ1v) is 8.52. The Labute approximate surface area is 129 Å². The second kappa shape index (κ2) is 8.71. The highest BCUT2D eigenvalue weighted by atomic mass is 16.5. The molecule has 0 aromatic rings. The SMILES string of the molecule is CCCNC(CCN1CCC(N2CCCC2)C1)C(=O)OC. The lowest BCUT2D eigenvalue weighted by atomic mass is 10.2. The van der Waals surface area contributed by atoms with Crippen LogP contribution < -0.4 is 5.32 Å². The van der Waals surface area contributed by atoms with Gasteiger partial charge in [-0.25, -0.2) is 0 Å². The number of carbonyl (C=O) groups is 1. The second-order valence-corrected chi connectivity index (χ2v) is 6.30. The van der Waals surface area contributed by atoms with E-state index in [0.717, 1.165) is 32.0 Å². The Kier molecular flexibility index (Phi) is 6.93. The fraction of sp³-hybridized carbons (Fsp3) is 0.938. The fourth-order valence-electron chi connectivity index (χ4n) is 3.50. The molecule has 2 atom stereocenters. The first-order valence-electron chi connectivity index (χ1n) is 8.52. The molecule has 0 amide bonds. The lowest BCUT2D eigenvalue weighted by Crippen LogP contribution is -2.41. The fourth-order valence-corrected chi connectivity index (χ4v) is 3.50. The standard InChI is InChI=1S/C16H31N3O2/c1-3-8-17-15(16(20)21-2)7-12-18-11-6-14(13-18)19-9-4-5-10-19/h14-15,17H,3-13H2,1-2H3. The molecule has 2 aliphatic rings. The highest BCUT2D eigenvalue weighted by Gasteiger charge is 2.29. The zero-order valence-corrected chi connectivity index (χ0v) is 13.6. The van der Waals surface area contributed by atoms with Crippen molar-refractivity contribution in [2.24, 2.45) is 0 Å². The van der Waals surface area contributed by atoms with Crippen molar-refractivity contribution in [2.45, 2.75) is 51.1 Å². The molecule has 2 saturated heterocycles. The van der Waals surface area contributed by atoms with Crippen molar-refractivity contribution < 1.29 is 9.53 Å². The molecular formula is C16H31N3O2.